The first-order chi connectivity index (χ1) is 7.86. The number of anilines is 1. The summed E-state index contributed by atoms with van der Waals surface area (Å²) in [5.41, 5.74) is 4.50. The fourth-order valence-corrected chi connectivity index (χ4v) is 1.63. The van der Waals surface area contributed by atoms with Crippen LogP contribution in [0.3, 0.4) is 0 Å². The lowest BCUT2D eigenvalue weighted by molar-refractivity contribution is -0.137. The normalized spacial score (nSPS) is 11.8. The molecule has 0 bridgehead atoms. The first kappa shape index (κ1) is 12.1. The Hall–Kier alpha value is -1.32. The van der Waals surface area contributed by atoms with Gasteiger partial charge in [0, 0.05) is 6.20 Å². The van der Waals surface area contributed by atoms with Crippen LogP contribution in [0.2, 0.25) is 0 Å². The lowest BCUT2D eigenvalue weighted by Gasteiger charge is -2.09. The number of hydrogen-bond donors (Lipinski definition) is 1. The van der Waals surface area contributed by atoms with E-state index in [1.165, 1.54) is 10.9 Å². The molecule has 0 radical (unpaired) electrons. The number of pyridine rings is 1. The van der Waals surface area contributed by atoms with E-state index in [1.807, 2.05) is 22.6 Å². The van der Waals surface area contributed by atoms with Crippen LogP contribution in [0.15, 0.2) is 24.5 Å². The third kappa shape index (κ3) is 2.68. The van der Waals surface area contributed by atoms with Crippen molar-refractivity contribution < 1.29 is 13.2 Å². The molecule has 90 valence electrons. The number of alkyl halides is 3. The average molecular weight is 354 g/mol. The van der Waals surface area contributed by atoms with Crippen molar-refractivity contribution in [2.75, 3.05) is 5.73 Å². The summed E-state index contributed by atoms with van der Waals surface area (Å²) >= 11 is 2.00. The molecule has 2 aromatic heterocycles. The number of aromatic nitrogens is 3. The van der Waals surface area contributed by atoms with Gasteiger partial charge in [-0.05, 0) is 34.7 Å². The zero-order valence-electron chi connectivity index (χ0n) is 8.24. The molecule has 17 heavy (non-hydrogen) atoms. The van der Waals surface area contributed by atoms with Crippen LogP contribution in [0.1, 0.15) is 5.56 Å². The standard InChI is InChI=1S/C9H6F3IN4/c10-9(11,12)5-1-7(14)16-8(2-5)17-4-6(13)3-15-17/h1-4H,(H2,14,16). The summed E-state index contributed by atoms with van der Waals surface area (Å²) in [5, 5.41) is 3.87. The molecule has 0 unspecified atom stereocenters. The molecule has 0 atom stereocenters. The molecule has 8 heteroatoms. The third-order valence-electron chi connectivity index (χ3n) is 1.94. The minimum absolute atomic E-state index is 0.0419. The van der Waals surface area contributed by atoms with Gasteiger partial charge in [-0.15, -0.1) is 0 Å². The Morgan fingerprint density at radius 3 is 2.53 bits per heavy atom. The van der Waals surface area contributed by atoms with Gasteiger partial charge in [0.1, 0.15) is 5.82 Å². The second-order valence-corrected chi connectivity index (χ2v) is 4.49. The summed E-state index contributed by atoms with van der Waals surface area (Å²) in [5.74, 6) is -0.152. The number of nitrogens with two attached hydrogens (primary N) is 1. The SMILES string of the molecule is Nc1cc(C(F)(F)F)cc(-n2cc(I)cn2)n1. The predicted octanol–water partition coefficient (Wildman–Crippen LogP) is 2.47. The summed E-state index contributed by atoms with van der Waals surface area (Å²) in [7, 11) is 0. The molecular formula is C9H6F3IN4. The maximum absolute atomic E-state index is 12.6. The van der Waals surface area contributed by atoms with Gasteiger partial charge in [0.25, 0.3) is 0 Å². The molecule has 2 N–H and O–H groups in total. The molecule has 0 saturated carbocycles. The van der Waals surface area contributed by atoms with Crippen LogP contribution in [0, 0.1) is 3.57 Å². The predicted molar refractivity (Wildman–Crippen MR) is 63.5 cm³/mol. The highest BCUT2D eigenvalue weighted by Crippen LogP contribution is 2.31. The fraction of sp³-hybridized carbons (Fsp3) is 0.111. The minimum atomic E-state index is -4.45. The van der Waals surface area contributed by atoms with Crippen molar-refractivity contribution in [3.8, 4) is 5.82 Å². The van der Waals surface area contributed by atoms with E-state index < -0.39 is 11.7 Å². The molecule has 0 saturated heterocycles. The van der Waals surface area contributed by atoms with Gasteiger partial charge in [0.15, 0.2) is 5.82 Å². The molecule has 0 spiro atoms. The van der Waals surface area contributed by atoms with E-state index in [-0.39, 0.29) is 11.6 Å². The van der Waals surface area contributed by atoms with E-state index in [2.05, 4.69) is 10.1 Å². The number of nitrogens with zero attached hydrogens (tertiary/aromatic N) is 3. The molecule has 2 rings (SSSR count). The van der Waals surface area contributed by atoms with Crippen molar-refractivity contribution in [1.29, 1.82) is 0 Å². The third-order valence-corrected chi connectivity index (χ3v) is 2.50. The Bertz CT molecular complexity index is 549. The topological polar surface area (TPSA) is 56.7 Å². The van der Waals surface area contributed by atoms with Crippen LogP contribution in [0.5, 0.6) is 0 Å². The van der Waals surface area contributed by atoms with Crippen molar-refractivity contribution in [3.05, 3.63) is 33.7 Å². The summed E-state index contributed by atoms with van der Waals surface area (Å²) < 4.78 is 39.7. The van der Waals surface area contributed by atoms with Gasteiger partial charge in [-0.2, -0.15) is 18.3 Å². The molecule has 2 aromatic rings. The van der Waals surface area contributed by atoms with Gasteiger partial charge in [-0.3, -0.25) is 0 Å². The monoisotopic (exact) mass is 354 g/mol. The fourth-order valence-electron chi connectivity index (χ4n) is 1.24. The molecule has 0 aromatic carbocycles. The van der Waals surface area contributed by atoms with Crippen LogP contribution in [0.4, 0.5) is 19.0 Å². The largest absolute Gasteiger partial charge is 0.416 e. The Morgan fingerprint density at radius 2 is 2.00 bits per heavy atom. The molecular weight excluding hydrogens is 348 g/mol. The molecule has 4 nitrogen and oxygen atoms in total. The number of halogens is 4. The average Bonchev–Trinajstić information content (AvgIpc) is 2.62. The molecule has 0 aliphatic rings. The van der Waals surface area contributed by atoms with E-state index in [1.54, 1.807) is 6.20 Å². The molecule has 0 amide bonds. The zero-order chi connectivity index (χ0) is 12.6. The van der Waals surface area contributed by atoms with Crippen molar-refractivity contribution in [3.63, 3.8) is 0 Å². The first-order valence-electron chi connectivity index (χ1n) is 4.41. The van der Waals surface area contributed by atoms with E-state index in [0.717, 1.165) is 15.7 Å². The van der Waals surface area contributed by atoms with Gasteiger partial charge in [0.05, 0.1) is 15.3 Å². The van der Waals surface area contributed by atoms with Crippen LogP contribution >= 0.6 is 22.6 Å². The van der Waals surface area contributed by atoms with Gasteiger partial charge in [0.2, 0.25) is 0 Å². The minimum Gasteiger partial charge on any atom is -0.384 e. The van der Waals surface area contributed by atoms with Crippen LogP contribution in [-0.2, 0) is 6.18 Å². The maximum atomic E-state index is 12.6. The van der Waals surface area contributed by atoms with Gasteiger partial charge >= 0.3 is 6.18 Å². The maximum Gasteiger partial charge on any atom is 0.416 e. The second kappa shape index (κ2) is 4.17. The molecule has 0 fully saturated rings. The van der Waals surface area contributed by atoms with Crippen molar-refractivity contribution in [2.45, 2.75) is 6.18 Å². The Kier molecular flexibility index (Phi) is 2.98. The van der Waals surface area contributed by atoms with Crippen molar-refractivity contribution in [1.82, 2.24) is 14.8 Å². The van der Waals surface area contributed by atoms with Crippen LogP contribution < -0.4 is 5.73 Å². The Balaban J connectivity index is 2.52. The highest BCUT2D eigenvalue weighted by atomic mass is 127. The van der Waals surface area contributed by atoms with Crippen LogP contribution in [0.25, 0.3) is 5.82 Å². The summed E-state index contributed by atoms with van der Waals surface area (Å²) in [6.07, 6.45) is -1.38. The molecule has 0 aliphatic heterocycles. The number of rotatable bonds is 1. The van der Waals surface area contributed by atoms with Crippen molar-refractivity contribution >= 4 is 28.4 Å². The van der Waals surface area contributed by atoms with Crippen molar-refractivity contribution in [2.24, 2.45) is 0 Å². The van der Waals surface area contributed by atoms with E-state index in [9.17, 15) is 13.2 Å². The van der Waals surface area contributed by atoms with Gasteiger partial charge < -0.3 is 5.73 Å². The number of hydrogen-bond acceptors (Lipinski definition) is 3. The van der Waals surface area contributed by atoms with Gasteiger partial charge in [-0.25, -0.2) is 9.67 Å². The Morgan fingerprint density at radius 1 is 1.29 bits per heavy atom. The second-order valence-electron chi connectivity index (χ2n) is 3.24. The summed E-state index contributed by atoms with van der Waals surface area (Å²) in [6, 6.07) is 1.69. The van der Waals surface area contributed by atoms with E-state index in [4.69, 9.17) is 5.73 Å². The lowest BCUT2D eigenvalue weighted by atomic mass is 10.2. The lowest BCUT2D eigenvalue weighted by Crippen LogP contribution is -2.09. The highest BCUT2D eigenvalue weighted by molar-refractivity contribution is 14.1. The Labute approximate surface area is 108 Å². The zero-order valence-corrected chi connectivity index (χ0v) is 10.4. The quantitative estimate of drug-likeness (QED) is 0.801. The van der Waals surface area contributed by atoms with Crippen LogP contribution in [-0.4, -0.2) is 14.8 Å². The highest BCUT2D eigenvalue weighted by Gasteiger charge is 2.31. The molecule has 0 aliphatic carbocycles. The number of nitrogen functional groups attached to an aromatic ring is 1. The van der Waals surface area contributed by atoms with E-state index >= 15 is 0 Å². The first-order valence-corrected chi connectivity index (χ1v) is 5.49. The van der Waals surface area contributed by atoms with Gasteiger partial charge in [-0.1, -0.05) is 0 Å². The smallest absolute Gasteiger partial charge is 0.384 e. The summed E-state index contributed by atoms with van der Waals surface area (Å²) in [6.45, 7) is 0. The summed E-state index contributed by atoms with van der Waals surface area (Å²) in [4.78, 5) is 3.81. The molecule has 2 heterocycles. The van der Waals surface area contributed by atoms with E-state index in [0.29, 0.717) is 0 Å².